The van der Waals surface area contributed by atoms with Crippen molar-refractivity contribution in [3.63, 3.8) is 0 Å². The van der Waals surface area contributed by atoms with Gasteiger partial charge in [-0.3, -0.25) is 9.59 Å². The standard InChI is InChI=1S/C20H23NO4/c1-14-6-8-18(15(2)12-14)25-11-10-19(22)21-17-5-3-4-16(13-17)7-9-20(23)24/h3-6,8,12-13H,7,9-11H2,1-2H3,(H,21,22)(H,23,24). The van der Waals surface area contributed by atoms with Gasteiger partial charge in [0.1, 0.15) is 5.75 Å². The smallest absolute Gasteiger partial charge is 0.303 e. The van der Waals surface area contributed by atoms with Crippen molar-refractivity contribution in [2.75, 3.05) is 11.9 Å². The second-order valence-corrected chi connectivity index (χ2v) is 6.01. The lowest BCUT2D eigenvalue weighted by Gasteiger charge is -2.10. The first-order valence-corrected chi connectivity index (χ1v) is 8.24. The molecule has 0 saturated carbocycles. The molecular weight excluding hydrogens is 318 g/mol. The van der Waals surface area contributed by atoms with E-state index < -0.39 is 5.97 Å². The molecule has 0 aliphatic carbocycles. The molecule has 2 rings (SSSR count). The Morgan fingerprint density at radius 1 is 1.08 bits per heavy atom. The summed E-state index contributed by atoms with van der Waals surface area (Å²) in [6.07, 6.45) is 0.753. The molecule has 2 aromatic carbocycles. The quantitative estimate of drug-likeness (QED) is 0.767. The van der Waals surface area contributed by atoms with Crippen molar-refractivity contribution in [2.45, 2.75) is 33.1 Å². The SMILES string of the molecule is Cc1ccc(OCCC(=O)Nc2cccc(CCC(=O)O)c2)c(C)c1. The molecule has 2 aromatic rings. The second kappa shape index (κ2) is 8.87. The van der Waals surface area contributed by atoms with Crippen LogP contribution in [0.1, 0.15) is 29.5 Å². The maximum Gasteiger partial charge on any atom is 0.303 e. The second-order valence-electron chi connectivity index (χ2n) is 6.01. The molecule has 0 radical (unpaired) electrons. The fraction of sp³-hybridized carbons (Fsp3) is 0.300. The van der Waals surface area contributed by atoms with Crippen molar-refractivity contribution in [2.24, 2.45) is 0 Å². The summed E-state index contributed by atoms with van der Waals surface area (Å²) in [6, 6.07) is 13.2. The van der Waals surface area contributed by atoms with Gasteiger partial charge in [0.15, 0.2) is 0 Å². The Kier molecular flexibility index (Phi) is 6.57. The van der Waals surface area contributed by atoms with Crippen molar-refractivity contribution in [3.05, 3.63) is 59.2 Å². The molecule has 5 nitrogen and oxygen atoms in total. The van der Waals surface area contributed by atoms with E-state index in [2.05, 4.69) is 5.32 Å². The molecule has 5 heteroatoms. The number of benzene rings is 2. The van der Waals surface area contributed by atoms with E-state index in [0.29, 0.717) is 18.7 Å². The van der Waals surface area contributed by atoms with Crippen LogP contribution in [0, 0.1) is 13.8 Å². The Labute approximate surface area is 147 Å². The first kappa shape index (κ1) is 18.5. The number of aryl methyl sites for hydroxylation is 3. The monoisotopic (exact) mass is 341 g/mol. The van der Waals surface area contributed by atoms with Crippen LogP contribution in [0.3, 0.4) is 0 Å². The third kappa shape index (κ3) is 6.30. The van der Waals surface area contributed by atoms with Gasteiger partial charge in [0.25, 0.3) is 0 Å². The van der Waals surface area contributed by atoms with Crippen LogP contribution >= 0.6 is 0 Å². The highest BCUT2D eigenvalue weighted by Crippen LogP contribution is 2.19. The molecule has 0 unspecified atom stereocenters. The number of aliphatic carboxylic acids is 1. The molecule has 132 valence electrons. The average molecular weight is 341 g/mol. The lowest BCUT2D eigenvalue weighted by molar-refractivity contribution is -0.137. The van der Waals surface area contributed by atoms with Crippen LogP contribution in [-0.4, -0.2) is 23.6 Å². The fourth-order valence-corrected chi connectivity index (χ4v) is 2.49. The molecule has 0 heterocycles. The molecule has 25 heavy (non-hydrogen) atoms. The molecule has 0 aromatic heterocycles. The minimum absolute atomic E-state index is 0.0706. The number of ether oxygens (including phenoxy) is 1. The molecule has 1 amide bonds. The van der Waals surface area contributed by atoms with Gasteiger partial charge in [-0.05, 0) is 49.6 Å². The summed E-state index contributed by atoms with van der Waals surface area (Å²) in [7, 11) is 0. The maximum absolute atomic E-state index is 12.0. The molecule has 2 N–H and O–H groups in total. The van der Waals surface area contributed by atoms with Crippen LogP contribution in [0.5, 0.6) is 5.75 Å². The molecule has 0 aliphatic heterocycles. The number of anilines is 1. The highest BCUT2D eigenvalue weighted by Gasteiger charge is 2.06. The topological polar surface area (TPSA) is 75.6 Å². The normalized spacial score (nSPS) is 10.3. The zero-order valence-electron chi connectivity index (χ0n) is 14.5. The van der Waals surface area contributed by atoms with Crippen LogP contribution in [0.25, 0.3) is 0 Å². The predicted octanol–water partition coefficient (Wildman–Crippen LogP) is 3.73. The fourth-order valence-electron chi connectivity index (χ4n) is 2.49. The number of hydrogen-bond acceptors (Lipinski definition) is 3. The van der Waals surface area contributed by atoms with Gasteiger partial charge < -0.3 is 15.2 Å². The first-order valence-electron chi connectivity index (χ1n) is 8.24. The molecule has 0 bridgehead atoms. The van der Waals surface area contributed by atoms with E-state index in [1.54, 1.807) is 18.2 Å². The largest absolute Gasteiger partial charge is 0.493 e. The summed E-state index contributed by atoms with van der Waals surface area (Å²) in [5, 5.41) is 11.5. The highest BCUT2D eigenvalue weighted by atomic mass is 16.5. The summed E-state index contributed by atoms with van der Waals surface area (Å²) in [4.78, 5) is 22.7. The zero-order chi connectivity index (χ0) is 18.2. The number of carboxylic acid groups (broad SMARTS) is 1. The predicted molar refractivity (Wildman–Crippen MR) is 97.1 cm³/mol. The van der Waals surface area contributed by atoms with Gasteiger partial charge in [-0.25, -0.2) is 0 Å². The van der Waals surface area contributed by atoms with Crippen LogP contribution in [0.15, 0.2) is 42.5 Å². The van der Waals surface area contributed by atoms with Crippen molar-refractivity contribution in [3.8, 4) is 5.75 Å². The van der Waals surface area contributed by atoms with Gasteiger partial charge in [0.05, 0.1) is 13.0 Å². The van der Waals surface area contributed by atoms with E-state index in [-0.39, 0.29) is 18.7 Å². The Morgan fingerprint density at radius 3 is 2.60 bits per heavy atom. The van der Waals surface area contributed by atoms with Crippen LogP contribution in [0.2, 0.25) is 0 Å². The van der Waals surface area contributed by atoms with Gasteiger partial charge in [-0.15, -0.1) is 0 Å². The van der Waals surface area contributed by atoms with E-state index in [1.165, 1.54) is 5.56 Å². The molecule has 0 aliphatic rings. The third-order valence-corrected chi connectivity index (χ3v) is 3.76. The van der Waals surface area contributed by atoms with E-state index >= 15 is 0 Å². The number of amides is 1. The van der Waals surface area contributed by atoms with Gasteiger partial charge in [-0.2, -0.15) is 0 Å². The van der Waals surface area contributed by atoms with E-state index in [4.69, 9.17) is 9.84 Å². The van der Waals surface area contributed by atoms with Crippen molar-refractivity contribution >= 4 is 17.6 Å². The lowest BCUT2D eigenvalue weighted by atomic mass is 10.1. The van der Waals surface area contributed by atoms with Gasteiger partial charge in [0.2, 0.25) is 5.91 Å². The lowest BCUT2D eigenvalue weighted by Crippen LogP contribution is -2.15. The van der Waals surface area contributed by atoms with Crippen molar-refractivity contribution in [1.82, 2.24) is 0 Å². The highest BCUT2D eigenvalue weighted by molar-refractivity contribution is 5.90. The van der Waals surface area contributed by atoms with E-state index in [0.717, 1.165) is 16.9 Å². The number of hydrogen-bond donors (Lipinski definition) is 2. The minimum atomic E-state index is -0.835. The molecule has 0 spiro atoms. The van der Waals surface area contributed by atoms with E-state index in [1.807, 2.05) is 38.1 Å². The van der Waals surface area contributed by atoms with E-state index in [9.17, 15) is 9.59 Å². The van der Waals surface area contributed by atoms with Gasteiger partial charge in [0, 0.05) is 12.1 Å². The molecule has 0 fully saturated rings. The zero-order valence-corrected chi connectivity index (χ0v) is 14.5. The summed E-state index contributed by atoms with van der Waals surface area (Å²) in [5.41, 5.74) is 3.77. The number of carbonyl (C=O) groups excluding carboxylic acids is 1. The Balaban J connectivity index is 1.81. The summed E-state index contributed by atoms with van der Waals surface area (Å²) >= 11 is 0. The Hall–Kier alpha value is -2.82. The Morgan fingerprint density at radius 2 is 1.88 bits per heavy atom. The summed E-state index contributed by atoms with van der Waals surface area (Å²) in [6.45, 7) is 4.30. The van der Waals surface area contributed by atoms with Gasteiger partial charge in [-0.1, -0.05) is 29.8 Å². The number of carbonyl (C=O) groups is 2. The number of rotatable bonds is 8. The van der Waals surface area contributed by atoms with Crippen molar-refractivity contribution in [1.29, 1.82) is 0 Å². The molecule has 0 saturated heterocycles. The maximum atomic E-state index is 12.0. The van der Waals surface area contributed by atoms with Crippen LogP contribution in [0.4, 0.5) is 5.69 Å². The number of nitrogens with one attached hydrogen (secondary N) is 1. The van der Waals surface area contributed by atoms with Crippen LogP contribution in [-0.2, 0) is 16.0 Å². The molecule has 0 atom stereocenters. The average Bonchev–Trinajstić information content (AvgIpc) is 2.55. The molecular formula is C20H23NO4. The van der Waals surface area contributed by atoms with Crippen molar-refractivity contribution < 1.29 is 19.4 Å². The number of carboxylic acids is 1. The van der Waals surface area contributed by atoms with Gasteiger partial charge >= 0.3 is 5.97 Å². The summed E-state index contributed by atoms with van der Waals surface area (Å²) < 4.78 is 5.66. The summed E-state index contributed by atoms with van der Waals surface area (Å²) in [5.74, 6) is -0.188. The Bertz CT molecular complexity index is 755. The minimum Gasteiger partial charge on any atom is -0.493 e. The third-order valence-electron chi connectivity index (χ3n) is 3.76. The first-order chi connectivity index (χ1) is 11.9. The van der Waals surface area contributed by atoms with Crippen LogP contribution < -0.4 is 10.1 Å².